The van der Waals surface area contributed by atoms with E-state index in [1.165, 1.54) is 6.42 Å². The maximum absolute atomic E-state index is 5.53. The summed E-state index contributed by atoms with van der Waals surface area (Å²) in [6.45, 7) is 6.87. The average Bonchev–Trinajstić information content (AvgIpc) is 2.56. The van der Waals surface area contributed by atoms with Gasteiger partial charge in [0.05, 0.1) is 6.61 Å². The molecule has 0 aliphatic carbocycles. The number of rotatable bonds is 4. The molecule has 0 spiro atoms. The van der Waals surface area contributed by atoms with Crippen LogP contribution in [-0.4, -0.2) is 31.8 Å². The zero-order valence-electron chi connectivity index (χ0n) is 8.05. The SMILES string of the molecule is CC(CN)NC(C)C1CCOC1. The molecule has 0 saturated carbocycles. The van der Waals surface area contributed by atoms with Crippen LogP contribution in [0.4, 0.5) is 0 Å². The molecule has 1 heterocycles. The molecular weight excluding hydrogens is 152 g/mol. The van der Waals surface area contributed by atoms with Crippen LogP contribution in [0.25, 0.3) is 0 Å². The highest BCUT2D eigenvalue weighted by atomic mass is 16.5. The molecule has 0 aromatic rings. The lowest BCUT2D eigenvalue weighted by atomic mass is 10.00. The van der Waals surface area contributed by atoms with Crippen LogP contribution in [0, 0.1) is 5.92 Å². The number of nitrogens with one attached hydrogen (secondary N) is 1. The quantitative estimate of drug-likeness (QED) is 0.643. The minimum atomic E-state index is 0.417. The Bertz CT molecular complexity index is 124. The van der Waals surface area contributed by atoms with Crippen molar-refractivity contribution in [3.63, 3.8) is 0 Å². The van der Waals surface area contributed by atoms with Crippen molar-refractivity contribution < 1.29 is 4.74 Å². The van der Waals surface area contributed by atoms with Gasteiger partial charge in [-0.3, -0.25) is 0 Å². The van der Waals surface area contributed by atoms with Gasteiger partial charge in [0.25, 0.3) is 0 Å². The van der Waals surface area contributed by atoms with E-state index >= 15 is 0 Å². The zero-order chi connectivity index (χ0) is 8.97. The summed E-state index contributed by atoms with van der Waals surface area (Å²) in [6.07, 6.45) is 1.19. The van der Waals surface area contributed by atoms with Crippen LogP contribution in [0.1, 0.15) is 20.3 Å². The van der Waals surface area contributed by atoms with Gasteiger partial charge in [-0.2, -0.15) is 0 Å². The minimum absolute atomic E-state index is 0.417. The van der Waals surface area contributed by atoms with Gasteiger partial charge < -0.3 is 15.8 Å². The second-order valence-corrected chi connectivity index (χ2v) is 3.72. The van der Waals surface area contributed by atoms with Crippen molar-refractivity contribution in [3.8, 4) is 0 Å². The van der Waals surface area contributed by atoms with E-state index in [1.807, 2.05) is 0 Å². The first-order valence-corrected chi connectivity index (χ1v) is 4.78. The third-order valence-electron chi connectivity index (χ3n) is 2.57. The zero-order valence-corrected chi connectivity index (χ0v) is 8.05. The summed E-state index contributed by atoms with van der Waals surface area (Å²) in [5.41, 5.74) is 5.53. The van der Waals surface area contributed by atoms with E-state index in [0.717, 1.165) is 13.2 Å². The summed E-state index contributed by atoms with van der Waals surface area (Å²) in [5, 5.41) is 3.47. The van der Waals surface area contributed by atoms with E-state index in [1.54, 1.807) is 0 Å². The predicted molar refractivity (Wildman–Crippen MR) is 50.0 cm³/mol. The van der Waals surface area contributed by atoms with Crippen molar-refractivity contribution in [2.45, 2.75) is 32.4 Å². The number of ether oxygens (including phenoxy) is 1. The topological polar surface area (TPSA) is 47.3 Å². The molecule has 1 fully saturated rings. The second-order valence-electron chi connectivity index (χ2n) is 3.72. The Morgan fingerprint density at radius 3 is 2.83 bits per heavy atom. The molecule has 3 atom stereocenters. The lowest BCUT2D eigenvalue weighted by Gasteiger charge is -2.22. The summed E-state index contributed by atoms with van der Waals surface area (Å²) < 4.78 is 5.32. The van der Waals surface area contributed by atoms with Crippen LogP contribution in [0.2, 0.25) is 0 Å². The number of hydrogen-bond donors (Lipinski definition) is 2. The van der Waals surface area contributed by atoms with Crippen molar-refractivity contribution >= 4 is 0 Å². The second kappa shape index (κ2) is 4.80. The molecule has 1 aliphatic rings. The fraction of sp³-hybridized carbons (Fsp3) is 1.00. The molecule has 0 bridgehead atoms. The van der Waals surface area contributed by atoms with Gasteiger partial charge in [0.1, 0.15) is 0 Å². The Hall–Kier alpha value is -0.120. The molecule has 1 rings (SSSR count). The van der Waals surface area contributed by atoms with Crippen molar-refractivity contribution in [1.82, 2.24) is 5.32 Å². The number of hydrogen-bond acceptors (Lipinski definition) is 3. The van der Waals surface area contributed by atoms with E-state index in [-0.39, 0.29) is 0 Å². The molecule has 0 aromatic carbocycles. The van der Waals surface area contributed by atoms with Gasteiger partial charge in [-0.25, -0.2) is 0 Å². The minimum Gasteiger partial charge on any atom is -0.381 e. The van der Waals surface area contributed by atoms with Gasteiger partial charge >= 0.3 is 0 Å². The van der Waals surface area contributed by atoms with E-state index in [0.29, 0.717) is 24.5 Å². The first kappa shape index (κ1) is 9.96. The Morgan fingerprint density at radius 1 is 1.58 bits per heavy atom. The first-order chi connectivity index (χ1) is 5.74. The predicted octanol–water partition coefficient (Wildman–Crippen LogP) is 0.348. The van der Waals surface area contributed by atoms with E-state index in [9.17, 15) is 0 Å². The molecule has 3 heteroatoms. The van der Waals surface area contributed by atoms with Crippen LogP contribution in [0.3, 0.4) is 0 Å². The Morgan fingerprint density at radius 2 is 2.33 bits per heavy atom. The van der Waals surface area contributed by atoms with Crippen LogP contribution in [0.5, 0.6) is 0 Å². The highest BCUT2D eigenvalue weighted by Gasteiger charge is 2.22. The maximum Gasteiger partial charge on any atom is 0.0509 e. The van der Waals surface area contributed by atoms with Gasteiger partial charge in [0, 0.05) is 25.2 Å². The first-order valence-electron chi connectivity index (χ1n) is 4.78. The highest BCUT2D eigenvalue weighted by molar-refractivity contribution is 4.78. The summed E-state index contributed by atoms with van der Waals surface area (Å²) in [5.74, 6) is 0.680. The largest absolute Gasteiger partial charge is 0.381 e. The number of nitrogens with two attached hydrogens (primary N) is 1. The molecule has 1 aliphatic heterocycles. The van der Waals surface area contributed by atoms with Crippen LogP contribution in [-0.2, 0) is 4.74 Å². The Balaban J connectivity index is 2.21. The van der Waals surface area contributed by atoms with Crippen molar-refractivity contribution in [2.75, 3.05) is 19.8 Å². The van der Waals surface area contributed by atoms with Crippen LogP contribution in [0.15, 0.2) is 0 Å². The van der Waals surface area contributed by atoms with Crippen LogP contribution >= 0.6 is 0 Å². The summed E-state index contributed by atoms with van der Waals surface area (Å²) >= 11 is 0. The van der Waals surface area contributed by atoms with Gasteiger partial charge in [-0.05, 0) is 26.2 Å². The molecule has 3 N–H and O–H groups in total. The normalized spacial score (nSPS) is 28.8. The van der Waals surface area contributed by atoms with E-state index in [2.05, 4.69) is 19.2 Å². The average molecular weight is 172 g/mol. The van der Waals surface area contributed by atoms with E-state index in [4.69, 9.17) is 10.5 Å². The third-order valence-corrected chi connectivity index (χ3v) is 2.57. The standard InChI is InChI=1S/C9H20N2O/c1-7(5-10)11-8(2)9-3-4-12-6-9/h7-9,11H,3-6,10H2,1-2H3. The highest BCUT2D eigenvalue weighted by Crippen LogP contribution is 2.16. The maximum atomic E-state index is 5.53. The monoisotopic (exact) mass is 172 g/mol. The molecule has 3 nitrogen and oxygen atoms in total. The van der Waals surface area contributed by atoms with Gasteiger partial charge in [0.15, 0.2) is 0 Å². The molecule has 0 radical (unpaired) electrons. The molecule has 1 saturated heterocycles. The fourth-order valence-electron chi connectivity index (χ4n) is 1.60. The van der Waals surface area contributed by atoms with Crippen LogP contribution < -0.4 is 11.1 Å². The molecular formula is C9H20N2O. The molecule has 72 valence electrons. The lowest BCUT2D eigenvalue weighted by Crippen LogP contribution is -2.43. The summed E-state index contributed by atoms with van der Waals surface area (Å²) in [6, 6.07) is 0.951. The van der Waals surface area contributed by atoms with E-state index < -0.39 is 0 Å². The lowest BCUT2D eigenvalue weighted by molar-refractivity contribution is 0.177. The Labute approximate surface area is 74.7 Å². The van der Waals surface area contributed by atoms with Crippen molar-refractivity contribution in [2.24, 2.45) is 11.7 Å². The molecule has 0 amide bonds. The summed E-state index contributed by atoms with van der Waals surface area (Å²) in [7, 11) is 0. The van der Waals surface area contributed by atoms with Gasteiger partial charge in [0.2, 0.25) is 0 Å². The molecule has 3 unspecified atom stereocenters. The smallest absolute Gasteiger partial charge is 0.0509 e. The van der Waals surface area contributed by atoms with Gasteiger partial charge in [-0.1, -0.05) is 0 Å². The fourth-order valence-corrected chi connectivity index (χ4v) is 1.60. The summed E-state index contributed by atoms with van der Waals surface area (Å²) in [4.78, 5) is 0. The van der Waals surface area contributed by atoms with Gasteiger partial charge in [-0.15, -0.1) is 0 Å². The Kier molecular flexibility index (Phi) is 3.98. The molecule has 0 aromatic heterocycles. The van der Waals surface area contributed by atoms with Crippen molar-refractivity contribution in [3.05, 3.63) is 0 Å². The molecule has 12 heavy (non-hydrogen) atoms. The van der Waals surface area contributed by atoms with Crippen molar-refractivity contribution in [1.29, 1.82) is 0 Å². The third kappa shape index (κ3) is 2.73.